The lowest BCUT2D eigenvalue weighted by molar-refractivity contribution is -0.114. The van der Waals surface area contributed by atoms with Crippen molar-refractivity contribution in [1.29, 1.82) is 0 Å². The van der Waals surface area contributed by atoms with Gasteiger partial charge in [0.2, 0.25) is 5.91 Å². The third kappa shape index (κ3) is 6.51. The molecule has 0 aliphatic heterocycles. The van der Waals surface area contributed by atoms with Crippen LogP contribution in [0.15, 0.2) is 41.7 Å². The number of carbonyl (C=O) groups excluding carboxylic acids is 1. The molecule has 3 N–H and O–H groups in total. The Balaban J connectivity index is 2.05. The fourth-order valence-electron chi connectivity index (χ4n) is 2.85. The van der Waals surface area contributed by atoms with Crippen LogP contribution in [-0.2, 0) is 21.7 Å². The highest BCUT2D eigenvalue weighted by atomic mass is 32.2. The molecule has 0 fully saturated rings. The predicted molar refractivity (Wildman–Crippen MR) is 128 cm³/mol. The first kappa shape index (κ1) is 25.1. The molecular formula is C22H28N6O5S. The lowest BCUT2D eigenvalue weighted by Gasteiger charge is -2.22. The SMILES string of the molecule is CC(=O)Nc1cc(Nc2cc(OCC(C)(C)CO)cc(S(C)(=O)=O)n2)c(-c2ccn(C)n2)cn1. The van der Waals surface area contributed by atoms with Crippen LogP contribution in [0.3, 0.4) is 0 Å². The van der Waals surface area contributed by atoms with E-state index in [-0.39, 0.29) is 35.7 Å². The Hall–Kier alpha value is -3.51. The monoisotopic (exact) mass is 488 g/mol. The molecule has 0 bridgehead atoms. The van der Waals surface area contributed by atoms with E-state index in [1.165, 1.54) is 13.0 Å². The van der Waals surface area contributed by atoms with E-state index in [0.717, 1.165) is 6.26 Å². The number of nitrogens with zero attached hydrogens (tertiary/aromatic N) is 4. The molecule has 3 aromatic rings. The zero-order valence-electron chi connectivity index (χ0n) is 19.7. The van der Waals surface area contributed by atoms with E-state index in [1.54, 1.807) is 42.3 Å². The number of hydrogen-bond donors (Lipinski definition) is 3. The molecule has 0 radical (unpaired) electrons. The number of amides is 1. The Bertz CT molecular complexity index is 1300. The number of aromatic nitrogens is 4. The summed E-state index contributed by atoms with van der Waals surface area (Å²) in [5, 5.41) is 19.5. The summed E-state index contributed by atoms with van der Waals surface area (Å²) < 4.78 is 31.9. The van der Waals surface area contributed by atoms with E-state index in [2.05, 4.69) is 25.7 Å². The summed E-state index contributed by atoms with van der Waals surface area (Å²) in [5.41, 5.74) is 1.21. The highest BCUT2D eigenvalue weighted by molar-refractivity contribution is 7.90. The Morgan fingerprint density at radius 1 is 1.24 bits per heavy atom. The van der Waals surface area contributed by atoms with Crippen LogP contribution in [-0.4, -0.2) is 58.6 Å². The van der Waals surface area contributed by atoms with Crippen molar-refractivity contribution < 1.29 is 23.1 Å². The molecule has 12 heteroatoms. The summed E-state index contributed by atoms with van der Waals surface area (Å²) in [6.45, 7) is 5.08. The zero-order valence-corrected chi connectivity index (χ0v) is 20.5. The second-order valence-corrected chi connectivity index (χ2v) is 10.7. The van der Waals surface area contributed by atoms with Gasteiger partial charge in [0.05, 0.1) is 24.6 Å². The van der Waals surface area contributed by atoms with Gasteiger partial charge in [0.25, 0.3) is 0 Å². The minimum atomic E-state index is -3.65. The van der Waals surface area contributed by atoms with E-state index in [1.807, 2.05) is 13.8 Å². The fourth-order valence-corrected chi connectivity index (χ4v) is 3.45. The highest BCUT2D eigenvalue weighted by Gasteiger charge is 2.20. The molecular weight excluding hydrogens is 460 g/mol. The van der Waals surface area contributed by atoms with Gasteiger partial charge in [-0.25, -0.2) is 18.4 Å². The molecule has 0 saturated heterocycles. The van der Waals surface area contributed by atoms with Gasteiger partial charge in [-0.15, -0.1) is 0 Å². The molecule has 3 rings (SSSR count). The van der Waals surface area contributed by atoms with E-state index < -0.39 is 15.3 Å². The van der Waals surface area contributed by atoms with Crippen molar-refractivity contribution in [2.75, 3.05) is 30.1 Å². The molecule has 1 amide bonds. The topological polar surface area (TPSA) is 148 Å². The van der Waals surface area contributed by atoms with Gasteiger partial charge in [0.15, 0.2) is 14.9 Å². The Kier molecular flexibility index (Phi) is 7.22. The van der Waals surface area contributed by atoms with Crippen LogP contribution in [0.2, 0.25) is 0 Å². The minimum Gasteiger partial charge on any atom is -0.493 e. The summed E-state index contributed by atoms with van der Waals surface area (Å²) >= 11 is 0. The zero-order chi connectivity index (χ0) is 25.1. The predicted octanol–water partition coefficient (Wildman–Crippen LogP) is 2.38. The van der Waals surface area contributed by atoms with Gasteiger partial charge in [0, 0.05) is 61.8 Å². The van der Waals surface area contributed by atoms with Crippen LogP contribution < -0.4 is 15.4 Å². The largest absolute Gasteiger partial charge is 0.493 e. The first-order valence-electron chi connectivity index (χ1n) is 10.4. The maximum absolute atomic E-state index is 12.3. The van der Waals surface area contributed by atoms with Crippen molar-refractivity contribution in [2.24, 2.45) is 12.5 Å². The first-order chi connectivity index (χ1) is 15.9. The molecule has 0 saturated carbocycles. The lowest BCUT2D eigenvalue weighted by Crippen LogP contribution is -2.25. The number of aliphatic hydroxyl groups excluding tert-OH is 1. The smallest absolute Gasteiger partial charge is 0.222 e. The van der Waals surface area contributed by atoms with E-state index in [9.17, 15) is 18.3 Å². The van der Waals surface area contributed by atoms with Crippen molar-refractivity contribution >= 4 is 33.1 Å². The Morgan fingerprint density at radius 2 is 1.97 bits per heavy atom. The number of sulfone groups is 1. The quantitative estimate of drug-likeness (QED) is 0.413. The van der Waals surface area contributed by atoms with Gasteiger partial charge < -0.3 is 20.5 Å². The van der Waals surface area contributed by atoms with Crippen molar-refractivity contribution in [3.8, 4) is 17.0 Å². The van der Waals surface area contributed by atoms with Crippen LogP contribution in [0, 0.1) is 5.41 Å². The number of rotatable bonds is 9. The number of anilines is 3. The maximum atomic E-state index is 12.3. The van der Waals surface area contributed by atoms with Crippen molar-refractivity contribution in [1.82, 2.24) is 19.7 Å². The van der Waals surface area contributed by atoms with Gasteiger partial charge >= 0.3 is 0 Å². The van der Waals surface area contributed by atoms with Gasteiger partial charge in [-0.1, -0.05) is 13.8 Å². The summed E-state index contributed by atoms with van der Waals surface area (Å²) in [6.07, 6.45) is 4.39. The summed E-state index contributed by atoms with van der Waals surface area (Å²) in [6, 6.07) is 6.30. The van der Waals surface area contributed by atoms with Crippen molar-refractivity contribution in [3.63, 3.8) is 0 Å². The van der Waals surface area contributed by atoms with Crippen LogP contribution in [0.1, 0.15) is 20.8 Å². The first-order valence-corrected chi connectivity index (χ1v) is 12.3. The summed E-state index contributed by atoms with van der Waals surface area (Å²) in [5.74, 6) is 0.491. The van der Waals surface area contributed by atoms with Crippen LogP contribution in [0.4, 0.5) is 17.3 Å². The second kappa shape index (κ2) is 9.77. The fraction of sp³-hybridized carbons (Fsp3) is 0.364. The number of aliphatic hydroxyl groups is 1. The molecule has 3 aromatic heterocycles. The summed E-state index contributed by atoms with van der Waals surface area (Å²) in [4.78, 5) is 20.0. The normalized spacial score (nSPS) is 11.8. The number of hydrogen-bond acceptors (Lipinski definition) is 9. The molecule has 11 nitrogen and oxygen atoms in total. The van der Waals surface area contributed by atoms with Gasteiger partial charge in [-0.05, 0) is 6.07 Å². The van der Waals surface area contributed by atoms with Crippen LogP contribution in [0.25, 0.3) is 11.3 Å². The molecule has 0 aromatic carbocycles. The molecule has 0 atom stereocenters. The van der Waals surface area contributed by atoms with Gasteiger partial charge in [0.1, 0.15) is 17.4 Å². The molecule has 3 heterocycles. The minimum absolute atomic E-state index is 0.0987. The maximum Gasteiger partial charge on any atom is 0.222 e. The Morgan fingerprint density at radius 3 is 2.56 bits per heavy atom. The Labute approximate surface area is 198 Å². The number of ether oxygens (including phenoxy) is 1. The standard InChI is InChI=1S/C22H28N6O5S/c1-14(30)24-19-10-18(16(11-23-19)17-6-7-28(4)27-17)25-20-8-15(33-13-22(2,3)12-29)9-21(26-20)34(5,31)32/h6-11,29H,12-13H2,1-5H3,(H2,23,24,25,26,30). The lowest BCUT2D eigenvalue weighted by atomic mass is 9.97. The molecule has 34 heavy (non-hydrogen) atoms. The van der Waals surface area contributed by atoms with Crippen LogP contribution >= 0.6 is 0 Å². The number of aryl methyl sites for hydroxylation is 1. The molecule has 0 unspecified atom stereocenters. The number of nitrogens with one attached hydrogen (secondary N) is 2. The average Bonchev–Trinajstić information content (AvgIpc) is 3.17. The van der Waals surface area contributed by atoms with E-state index in [4.69, 9.17) is 4.74 Å². The second-order valence-electron chi connectivity index (χ2n) is 8.71. The average molecular weight is 489 g/mol. The molecule has 0 aliphatic carbocycles. The summed E-state index contributed by atoms with van der Waals surface area (Å²) in [7, 11) is -1.87. The molecule has 182 valence electrons. The van der Waals surface area contributed by atoms with Crippen molar-refractivity contribution in [2.45, 2.75) is 25.8 Å². The van der Waals surface area contributed by atoms with Crippen LogP contribution in [0.5, 0.6) is 5.75 Å². The number of pyridine rings is 2. The van der Waals surface area contributed by atoms with Crippen molar-refractivity contribution in [3.05, 3.63) is 36.7 Å². The van der Waals surface area contributed by atoms with E-state index in [0.29, 0.717) is 22.8 Å². The third-order valence-electron chi connectivity index (χ3n) is 4.67. The van der Waals surface area contributed by atoms with Gasteiger partial charge in [-0.2, -0.15) is 5.10 Å². The third-order valence-corrected chi connectivity index (χ3v) is 5.64. The highest BCUT2D eigenvalue weighted by Crippen LogP contribution is 2.32. The van der Waals surface area contributed by atoms with Gasteiger partial charge in [-0.3, -0.25) is 9.48 Å². The number of carbonyl (C=O) groups is 1. The molecule has 0 aliphatic rings. The van der Waals surface area contributed by atoms with E-state index >= 15 is 0 Å². The molecule has 0 spiro atoms.